The Kier molecular flexibility index (Phi) is 4.33. The predicted molar refractivity (Wildman–Crippen MR) is 82.4 cm³/mol. The predicted octanol–water partition coefficient (Wildman–Crippen LogP) is 1.83. The number of benzene rings is 2. The van der Waals surface area contributed by atoms with Gasteiger partial charge in [0.25, 0.3) is 0 Å². The largest absolute Gasteiger partial charge is 0.353 e. The number of hydrogen-bond donors (Lipinski definition) is 1. The molecule has 1 heterocycles. The molecule has 0 unspecified atom stereocenters. The summed E-state index contributed by atoms with van der Waals surface area (Å²) >= 11 is 0. The van der Waals surface area contributed by atoms with Gasteiger partial charge in [0.15, 0.2) is 0 Å². The van der Waals surface area contributed by atoms with E-state index in [0.717, 1.165) is 16.4 Å². The van der Waals surface area contributed by atoms with E-state index in [1.165, 1.54) is 0 Å². The van der Waals surface area contributed by atoms with Crippen LogP contribution in [0.15, 0.2) is 53.4 Å². The third kappa shape index (κ3) is 3.02. The highest BCUT2D eigenvalue weighted by molar-refractivity contribution is 7.89. The number of nitrogens with one attached hydrogen (secondary N) is 1. The standard InChI is InChI=1S/C16H14F2N2O3S/c17-12-8-13(18)10-14(9-12)24(22,23)20-7-6-19-16(21)15(20)11-4-2-1-3-5-11/h1-5,8-10,15H,6-7H2,(H,19,21)/t15-/m0/s1. The second kappa shape index (κ2) is 6.29. The van der Waals surface area contributed by atoms with Crippen molar-refractivity contribution in [3.05, 3.63) is 65.7 Å². The van der Waals surface area contributed by atoms with E-state index in [1.807, 2.05) is 0 Å². The number of nitrogens with zero attached hydrogens (tertiary/aromatic N) is 1. The van der Waals surface area contributed by atoms with E-state index in [9.17, 15) is 22.0 Å². The summed E-state index contributed by atoms with van der Waals surface area (Å²) in [6.45, 7) is 0.130. The van der Waals surface area contributed by atoms with Gasteiger partial charge in [0.2, 0.25) is 15.9 Å². The van der Waals surface area contributed by atoms with Gasteiger partial charge >= 0.3 is 0 Å². The summed E-state index contributed by atoms with van der Waals surface area (Å²) in [5, 5.41) is 2.61. The molecule has 1 saturated heterocycles. The first-order valence-corrected chi connectivity index (χ1v) is 8.64. The zero-order valence-electron chi connectivity index (χ0n) is 12.4. The van der Waals surface area contributed by atoms with Crippen molar-refractivity contribution < 1.29 is 22.0 Å². The lowest BCUT2D eigenvalue weighted by Gasteiger charge is -2.34. The molecule has 1 atom stereocenters. The molecule has 1 aliphatic rings. The first kappa shape index (κ1) is 16.5. The molecule has 0 radical (unpaired) electrons. The molecule has 0 saturated carbocycles. The van der Waals surface area contributed by atoms with Crippen LogP contribution in [0.25, 0.3) is 0 Å². The second-order valence-electron chi connectivity index (χ2n) is 5.33. The summed E-state index contributed by atoms with van der Waals surface area (Å²) in [7, 11) is -4.24. The van der Waals surface area contributed by atoms with Crippen molar-refractivity contribution >= 4 is 15.9 Å². The number of carbonyl (C=O) groups excluding carboxylic acids is 1. The molecule has 5 nitrogen and oxygen atoms in total. The van der Waals surface area contributed by atoms with Crippen molar-refractivity contribution in [2.45, 2.75) is 10.9 Å². The molecule has 126 valence electrons. The van der Waals surface area contributed by atoms with Crippen molar-refractivity contribution in [1.82, 2.24) is 9.62 Å². The van der Waals surface area contributed by atoms with Gasteiger partial charge in [-0.1, -0.05) is 30.3 Å². The third-order valence-electron chi connectivity index (χ3n) is 3.73. The van der Waals surface area contributed by atoms with E-state index in [-0.39, 0.29) is 13.1 Å². The van der Waals surface area contributed by atoms with Crippen molar-refractivity contribution in [3.63, 3.8) is 0 Å². The zero-order valence-corrected chi connectivity index (χ0v) is 13.3. The smallest absolute Gasteiger partial charge is 0.244 e. The van der Waals surface area contributed by atoms with Crippen LogP contribution < -0.4 is 5.32 Å². The number of hydrogen-bond acceptors (Lipinski definition) is 3. The minimum atomic E-state index is -4.24. The van der Waals surface area contributed by atoms with Crippen molar-refractivity contribution in [2.24, 2.45) is 0 Å². The summed E-state index contributed by atoms with van der Waals surface area (Å²) in [4.78, 5) is 11.7. The maximum Gasteiger partial charge on any atom is 0.244 e. The maximum atomic E-state index is 13.4. The third-order valence-corrected chi connectivity index (χ3v) is 5.57. The summed E-state index contributed by atoms with van der Waals surface area (Å²) in [5.74, 6) is -2.47. The van der Waals surface area contributed by atoms with Gasteiger partial charge in [-0.3, -0.25) is 4.79 Å². The average molecular weight is 352 g/mol. The molecular weight excluding hydrogens is 338 g/mol. The fourth-order valence-electron chi connectivity index (χ4n) is 2.67. The van der Waals surface area contributed by atoms with Crippen LogP contribution in [0.5, 0.6) is 0 Å². The maximum absolute atomic E-state index is 13.4. The molecule has 1 N–H and O–H groups in total. The first-order chi connectivity index (χ1) is 11.4. The van der Waals surface area contributed by atoms with Crippen molar-refractivity contribution in [1.29, 1.82) is 0 Å². The summed E-state index contributed by atoms with van der Waals surface area (Å²) < 4.78 is 53.5. The minimum Gasteiger partial charge on any atom is -0.353 e. The highest BCUT2D eigenvalue weighted by atomic mass is 32.2. The quantitative estimate of drug-likeness (QED) is 0.916. The van der Waals surface area contributed by atoms with Crippen LogP contribution in [-0.4, -0.2) is 31.7 Å². The summed E-state index contributed by atoms with van der Waals surface area (Å²) in [5.41, 5.74) is 0.482. The number of rotatable bonds is 3. The molecule has 24 heavy (non-hydrogen) atoms. The Bertz CT molecular complexity index is 852. The molecule has 2 aromatic rings. The van der Waals surface area contributed by atoms with Crippen molar-refractivity contribution in [3.8, 4) is 0 Å². The van der Waals surface area contributed by atoms with Gasteiger partial charge in [0, 0.05) is 19.2 Å². The average Bonchev–Trinajstić information content (AvgIpc) is 2.54. The Morgan fingerprint density at radius 1 is 1.04 bits per heavy atom. The van der Waals surface area contributed by atoms with Gasteiger partial charge in [-0.2, -0.15) is 4.31 Å². The van der Waals surface area contributed by atoms with E-state index in [2.05, 4.69) is 5.32 Å². The molecule has 1 amide bonds. The van der Waals surface area contributed by atoms with Gasteiger partial charge in [0.05, 0.1) is 4.90 Å². The molecule has 0 aliphatic carbocycles. The number of amides is 1. The molecular formula is C16H14F2N2O3S. The molecule has 3 rings (SSSR count). The van der Waals surface area contributed by atoms with Crippen LogP contribution in [0.2, 0.25) is 0 Å². The summed E-state index contributed by atoms with van der Waals surface area (Å²) in [6.07, 6.45) is 0. The fourth-order valence-corrected chi connectivity index (χ4v) is 4.29. The van der Waals surface area contributed by atoms with Crippen LogP contribution >= 0.6 is 0 Å². The number of carbonyl (C=O) groups is 1. The lowest BCUT2D eigenvalue weighted by molar-refractivity contribution is -0.126. The van der Waals surface area contributed by atoms with Gasteiger partial charge in [0.1, 0.15) is 17.7 Å². The Morgan fingerprint density at radius 2 is 1.67 bits per heavy atom. The monoisotopic (exact) mass is 352 g/mol. The molecule has 1 fully saturated rings. The molecule has 2 aromatic carbocycles. The Hall–Kier alpha value is -2.32. The summed E-state index contributed by atoms with van der Waals surface area (Å²) in [6, 6.07) is 9.36. The van der Waals surface area contributed by atoms with Gasteiger partial charge in [-0.05, 0) is 17.7 Å². The van der Waals surface area contributed by atoms with E-state index in [1.54, 1.807) is 30.3 Å². The van der Waals surface area contributed by atoms with E-state index in [4.69, 9.17) is 0 Å². The highest BCUT2D eigenvalue weighted by Gasteiger charge is 2.39. The van der Waals surface area contributed by atoms with E-state index >= 15 is 0 Å². The van der Waals surface area contributed by atoms with Crippen LogP contribution in [0.4, 0.5) is 8.78 Å². The molecule has 8 heteroatoms. The highest BCUT2D eigenvalue weighted by Crippen LogP contribution is 2.30. The second-order valence-corrected chi connectivity index (χ2v) is 7.22. The normalized spacial score (nSPS) is 19.1. The lowest BCUT2D eigenvalue weighted by atomic mass is 10.1. The molecule has 1 aliphatic heterocycles. The number of sulfonamides is 1. The topological polar surface area (TPSA) is 66.5 Å². The van der Waals surface area contributed by atoms with Gasteiger partial charge < -0.3 is 5.32 Å². The van der Waals surface area contributed by atoms with Crippen molar-refractivity contribution in [2.75, 3.05) is 13.1 Å². The van der Waals surface area contributed by atoms with Gasteiger partial charge in [-0.15, -0.1) is 0 Å². The zero-order chi connectivity index (χ0) is 17.3. The van der Waals surface area contributed by atoms with Crippen LogP contribution in [0, 0.1) is 11.6 Å². The lowest BCUT2D eigenvalue weighted by Crippen LogP contribution is -2.52. The number of halogens is 2. The molecule has 0 bridgehead atoms. The fraction of sp³-hybridized carbons (Fsp3) is 0.188. The van der Waals surface area contributed by atoms with Crippen LogP contribution in [-0.2, 0) is 14.8 Å². The van der Waals surface area contributed by atoms with Crippen LogP contribution in [0.3, 0.4) is 0 Å². The van der Waals surface area contributed by atoms with E-state index < -0.39 is 38.5 Å². The van der Waals surface area contributed by atoms with Crippen LogP contribution in [0.1, 0.15) is 11.6 Å². The first-order valence-electron chi connectivity index (χ1n) is 7.20. The number of piperazine rings is 1. The SMILES string of the molecule is O=C1NCCN(S(=O)(=O)c2cc(F)cc(F)c2)[C@H]1c1ccccc1. The van der Waals surface area contributed by atoms with E-state index in [0.29, 0.717) is 11.6 Å². The molecule has 0 aromatic heterocycles. The Morgan fingerprint density at radius 3 is 2.29 bits per heavy atom. The molecule has 0 spiro atoms. The Labute approximate surface area is 138 Å². The Balaban J connectivity index is 2.08. The van der Waals surface area contributed by atoms with Gasteiger partial charge in [-0.25, -0.2) is 17.2 Å². The minimum absolute atomic E-state index is 0.00572.